The minimum Gasteiger partial charge on any atom is -0.459 e. The van der Waals surface area contributed by atoms with Crippen molar-refractivity contribution >= 4 is 5.97 Å². The van der Waals surface area contributed by atoms with E-state index in [1.54, 1.807) is 0 Å². The van der Waals surface area contributed by atoms with Crippen molar-refractivity contribution in [1.29, 1.82) is 0 Å². The summed E-state index contributed by atoms with van der Waals surface area (Å²) in [5.41, 5.74) is 0. The fourth-order valence-electron chi connectivity index (χ4n) is 1.48. The molecule has 0 aromatic rings. The normalized spacial score (nSPS) is 13.6. The molecule has 0 rings (SSSR count). The van der Waals surface area contributed by atoms with E-state index in [0.717, 1.165) is 36.7 Å². The van der Waals surface area contributed by atoms with E-state index in [2.05, 4.69) is 35.0 Å². The van der Waals surface area contributed by atoms with Gasteiger partial charge < -0.3 is 9.22 Å². The molecular weight excluding hydrogens is 202 g/mol. The van der Waals surface area contributed by atoms with Crippen LogP contribution in [0.2, 0.25) is 0 Å². The van der Waals surface area contributed by atoms with Crippen molar-refractivity contribution in [2.24, 2.45) is 5.92 Å². The molecule has 0 aromatic carbocycles. The Hall–Kier alpha value is -0.570. The molecule has 0 aliphatic rings. The molecule has 0 fully saturated rings. The van der Waals surface area contributed by atoms with Gasteiger partial charge in [-0.25, -0.2) is 0 Å². The van der Waals surface area contributed by atoms with Gasteiger partial charge in [0.2, 0.25) is 0 Å². The molecule has 1 unspecified atom stereocenters. The molecule has 0 aliphatic heterocycles. The van der Waals surface area contributed by atoms with Crippen LogP contribution in [0.25, 0.3) is 0 Å². The minimum atomic E-state index is -0.00981. The second-order valence-corrected chi connectivity index (χ2v) is 5.43. The fraction of sp³-hybridized carbons (Fsp3) is 0.923. The summed E-state index contributed by atoms with van der Waals surface area (Å²) in [6, 6.07) is 0. The van der Waals surface area contributed by atoms with E-state index in [9.17, 15) is 4.79 Å². The highest BCUT2D eigenvalue weighted by molar-refractivity contribution is 5.72. The van der Waals surface area contributed by atoms with Crippen LogP contribution in [0.15, 0.2) is 0 Å². The molecule has 0 radical (unpaired) electrons. The Kier molecular flexibility index (Phi) is 7.39. The Morgan fingerprint density at radius 1 is 1.25 bits per heavy atom. The van der Waals surface area contributed by atoms with E-state index in [1.165, 1.54) is 0 Å². The summed E-state index contributed by atoms with van der Waals surface area (Å²) >= 11 is 0. The zero-order valence-corrected chi connectivity index (χ0v) is 11.6. The highest BCUT2D eigenvalue weighted by Crippen LogP contribution is 2.14. The van der Waals surface area contributed by atoms with E-state index >= 15 is 0 Å². The Morgan fingerprint density at radius 3 is 2.31 bits per heavy atom. The zero-order chi connectivity index (χ0) is 12.6. The molecule has 0 amide bonds. The van der Waals surface area contributed by atoms with E-state index in [-0.39, 0.29) is 11.9 Å². The molecule has 0 N–H and O–H groups in total. The molecule has 0 heterocycles. The van der Waals surface area contributed by atoms with Gasteiger partial charge in [-0.2, -0.15) is 0 Å². The first kappa shape index (κ1) is 15.4. The van der Waals surface area contributed by atoms with Gasteiger partial charge in [-0.05, 0) is 12.8 Å². The van der Waals surface area contributed by atoms with Crippen LogP contribution >= 0.6 is 0 Å². The van der Waals surface area contributed by atoms with Gasteiger partial charge in [0.1, 0.15) is 13.2 Å². The number of esters is 1. The van der Waals surface area contributed by atoms with E-state index in [0.29, 0.717) is 6.61 Å². The van der Waals surface area contributed by atoms with Gasteiger partial charge in [0, 0.05) is 0 Å². The Balaban J connectivity index is 3.84. The van der Waals surface area contributed by atoms with Crippen molar-refractivity contribution in [3.63, 3.8) is 0 Å². The molecule has 0 bridgehead atoms. The molecule has 0 saturated heterocycles. The summed E-state index contributed by atoms with van der Waals surface area (Å²) in [6.45, 7) is 5.61. The van der Waals surface area contributed by atoms with E-state index in [4.69, 9.17) is 4.74 Å². The van der Waals surface area contributed by atoms with Crippen LogP contribution in [0.1, 0.15) is 39.5 Å². The van der Waals surface area contributed by atoms with Crippen molar-refractivity contribution in [2.45, 2.75) is 39.5 Å². The highest BCUT2D eigenvalue weighted by Gasteiger charge is 2.18. The Bertz CT molecular complexity index is 197. The summed E-state index contributed by atoms with van der Waals surface area (Å²) < 4.78 is 6.15. The summed E-state index contributed by atoms with van der Waals surface area (Å²) in [5.74, 6) is 0.0943. The average Bonchev–Trinajstić information content (AvgIpc) is 2.17. The molecule has 16 heavy (non-hydrogen) atoms. The molecule has 0 saturated carbocycles. The summed E-state index contributed by atoms with van der Waals surface area (Å²) in [4.78, 5) is 11.7. The fourth-order valence-corrected chi connectivity index (χ4v) is 1.48. The van der Waals surface area contributed by atoms with Crippen LogP contribution in [-0.2, 0) is 9.53 Å². The number of likely N-dealkylation sites (N-methyl/N-ethyl adjacent to an activating group) is 1. The lowest BCUT2D eigenvalue weighted by Gasteiger charge is -2.24. The minimum absolute atomic E-state index is 0.00981. The third-order valence-corrected chi connectivity index (χ3v) is 2.74. The number of ether oxygens (including phenoxy) is 1. The number of hydrogen-bond donors (Lipinski definition) is 0. The average molecular weight is 230 g/mol. The van der Waals surface area contributed by atoms with Crippen molar-refractivity contribution in [2.75, 3.05) is 34.3 Å². The number of carbonyl (C=O) groups excluding carboxylic acids is 1. The SMILES string of the molecule is CCCCC(CC)C(=O)OCC[N+](C)(C)C. The standard InChI is InChI=1S/C13H28NO2/c1-6-8-9-12(7-2)13(15)16-11-10-14(3,4)5/h12H,6-11H2,1-5H3/q+1. The van der Waals surface area contributed by atoms with Crippen molar-refractivity contribution in [1.82, 2.24) is 0 Å². The Labute approximate surface area is 100 Å². The summed E-state index contributed by atoms with van der Waals surface area (Å²) in [7, 11) is 6.30. The van der Waals surface area contributed by atoms with Gasteiger partial charge in [0.05, 0.1) is 27.1 Å². The van der Waals surface area contributed by atoms with Gasteiger partial charge in [-0.3, -0.25) is 4.79 Å². The topological polar surface area (TPSA) is 26.3 Å². The highest BCUT2D eigenvalue weighted by atomic mass is 16.5. The quantitative estimate of drug-likeness (QED) is 0.473. The largest absolute Gasteiger partial charge is 0.459 e. The van der Waals surface area contributed by atoms with Crippen molar-refractivity contribution in [3.8, 4) is 0 Å². The number of rotatable bonds is 8. The van der Waals surface area contributed by atoms with Gasteiger partial charge in [-0.1, -0.05) is 26.7 Å². The van der Waals surface area contributed by atoms with Crippen LogP contribution < -0.4 is 0 Å². The molecule has 1 atom stereocenters. The molecule has 3 nitrogen and oxygen atoms in total. The Morgan fingerprint density at radius 2 is 1.88 bits per heavy atom. The van der Waals surface area contributed by atoms with Crippen LogP contribution in [0.3, 0.4) is 0 Å². The molecule has 0 aromatic heterocycles. The first-order chi connectivity index (χ1) is 7.40. The van der Waals surface area contributed by atoms with Crippen LogP contribution in [0.5, 0.6) is 0 Å². The molecular formula is C13H28NO2+. The summed E-state index contributed by atoms with van der Waals surface area (Å²) in [6.07, 6.45) is 4.12. The van der Waals surface area contributed by atoms with Gasteiger partial charge in [0.15, 0.2) is 0 Å². The number of quaternary nitrogens is 1. The molecule has 0 aliphatic carbocycles. The van der Waals surface area contributed by atoms with Gasteiger partial charge in [0.25, 0.3) is 0 Å². The lowest BCUT2D eigenvalue weighted by atomic mass is 10.00. The maximum absolute atomic E-state index is 11.7. The zero-order valence-electron chi connectivity index (χ0n) is 11.6. The molecule has 0 spiro atoms. The van der Waals surface area contributed by atoms with Crippen LogP contribution in [-0.4, -0.2) is 44.7 Å². The number of hydrogen-bond acceptors (Lipinski definition) is 2. The van der Waals surface area contributed by atoms with E-state index < -0.39 is 0 Å². The predicted molar refractivity (Wildman–Crippen MR) is 67.2 cm³/mol. The predicted octanol–water partition coefficient (Wildman–Crippen LogP) is 2.45. The third kappa shape index (κ3) is 7.69. The van der Waals surface area contributed by atoms with Gasteiger partial charge in [-0.15, -0.1) is 0 Å². The van der Waals surface area contributed by atoms with E-state index in [1.807, 2.05) is 0 Å². The number of nitrogens with zero attached hydrogens (tertiary/aromatic N) is 1. The number of carbonyl (C=O) groups is 1. The maximum Gasteiger partial charge on any atom is 0.309 e. The van der Waals surface area contributed by atoms with Crippen LogP contribution in [0, 0.1) is 5.92 Å². The number of unbranched alkanes of at least 4 members (excludes halogenated alkanes) is 1. The smallest absolute Gasteiger partial charge is 0.309 e. The van der Waals surface area contributed by atoms with Crippen LogP contribution in [0.4, 0.5) is 0 Å². The second kappa shape index (κ2) is 7.66. The summed E-state index contributed by atoms with van der Waals surface area (Å²) in [5, 5.41) is 0. The van der Waals surface area contributed by atoms with Crippen molar-refractivity contribution < 1.29 is 14.0 Å². The second-order valence-electron chi connectivity index (χ2n) is 5.43. The first-order valence-electron chi connectivity index (χ1n) is 6.37. The monoisotopic (exact) mass is 230 g/mol. The van der Waals surface area contributed by atoms with Gasteiger partial charge >= 0.3 is 5.97 Å². The first-order valence-corrected chi connectivity index (χ1v) is 6.37. The lowest BCUT2D eigenvalue weighted by Crippen LogP contribution is -2.38. The molecule has 96 valence electrons. The van der Waals surface area contributed by atoms with Crippen molar-refractivity contribution in [3.05, 3.63) is 0 Å². The molecule has 3 heteroatoms. The maximum atomic E-state index is 11.7. The third-order valence-electron chi connectivity index (χ3n) is 2.74. The lowest BCUT2D eigenvalue weighted by molar-refractivity contribution is -0.870.